The number of alkyl halides is 2. The highest BCUT2D eigenvalue weighted by Gasteiger charge is 2.28. The fourth-order valence-corrected chi connectivity index (χ4v) is 5.97. The zero-order valence-electron chi connectivity index (χ0n) is 27.4. The minimum absolute atomic E-state index is 0.00239. The first-order chi connectivity index (χ1) is 21.4. The number of aryl methyl sites for hydroxylation is 2. The van der Waals surface area contributed by atoms with Crippen LogP contribution in [0, 0.1) is 19.8 Å². The summed E-state index contributed by atoms with van der Waals surface area (Å²) in [6.07, 6.45) is 2.50. The molecular weight excluding hydrogens is 562 g/mol. The molecular formula is C40H46F2N2O. The number of piperidine rings is 1. The molecule has 0 bridgehead atoms. The Kier molecular flexibility index (Phi) is 11.4. The third kappa shape index (κ3) is 8.75. The van der Waals surface area contributed by atoms with Gasteiger partial charge in [-0.25, -0.2) is 8.78 Å². The van der Waals surface area contributed by atoms with Crippen LogP contribution in [-0.2, 0) is 0 Å². The zero-order valence-corrected chi connectivity index (χ0v) is 27.4. The molecule has 0 N–H and O–H groups in total. The first-order valence-corrected chi connectivity index (χ1v) is 15.9. The normalized spacial score (nSPS) is 15.9. The van der Waals surface area contributed by atoms with Gasteiger partial charge in [-0.15, -0.1) is 0 Å². The average Bonchev–Trinajstić information content (AvgIpc) is 3.00. The Labute approximate surface area is 268 Å². The molecule has 1 amide bonds. The summed E-state index contributed by atoms with van der Waals surface area (Å²) in [5.41, 5.74) is 9.75. The van der Waals surface area contributed by atoms with Crippen LogP contribution in [0.1, 0.15) is 90.8 Å². The Morgan fingerprint density at radius 1 is 0.956 bits per heavy atom. The molecule has 236 valence electrons. The SMILES string of the molecule is C=C(C)C/C=C(/c1cccc(C(C)F)c1)c1ccc(C(=O)N2CCC(C(=Nc3ccccc3C)C(=C)CC(C)F)CC2)cc1C. The predicted molar refractivity (Wildman–Crippen MR) is 185 cm³/mol. The van der Waals surface area contributed by atoms with Gasteiger partial charge < -0.3 is 4.90 Å². The molecule has 2 atom stereocenters. The van der Waals surface area contributed by atoms with Gasteiger partial charge in [0.2, 0.25) is 0 Å². The van der Waals surface area contributed by atoms with E-state index in [1.807, 2.05) is 86.3 Å². The smallest absolute Gasteiger partial charge is 0.253 e. The highest BCUT2D eigenvalue weighted by Crippen LogP contribution is 2.32. The number of halogens is 2. The van der Waals surface area contributed by atoms with Crippen LogP contribution in [0.25, 0.3) is 5.57 Å². The van der Waals surface area contributed by atoms with E-state index in [4.69, 9.17) is 4.99 Å². The lowest BCUT2D eigenvalue weighted by atomic mass is 9.86. The third-order valence-electron chi connectivity index (χ3n) is 8.49. The van der Waals surface area contributed by atoms with Crippen molar-refractivity contribution in [3.8, 4) is 0 Å². The highest BCUT2D eigenvalue weighted by atomic mass is 19.1. The number of carbonyl (C=O) groups is 1. The fourth-order valence-electron chi connectivity index (χ4n) is 5.97. The summed E-state index contributed by atoms with van der Waals surface area (Å²) in [7, 11) is 0. The number of aliphatic imine (C=N–C) groups is 1. The number of nitrogens with zero attached hydrogens (tertiary/aromatic N) is 2. The molecule has 0 saturated carbocycles. The number of benzene rings is 3. The molecule has 0 aromatic heterocycles. The van der Waals surface area contributed by atoms with Crippen molar-refractivity contribution in [2.24, 2.45) is 10.9 Å². The Hall–Kier alpha value is -4.12. The van der Waals surface area contributed by atoms with E-state index in [-0.39, 0.29) is 18.2 Å². The standard InChI is InChI=1S/C40H46F2N2O/c1-26(2)15-17-37(34-13-10-12-33(25-34)31(7)42)36-18-16-35(24-28(36)4)40(45)44-21-19-32(20-22-44)39(29(5)23-30(6)41)43-38-14-9-8-11-27(38)3/h8-14,16-18,24-25,30-32H,1,5,15,19-23H2,2-4,6-7H3/b37-17-,43-39?. The van der Waals surface area contributed by atoms with E-state index in [9.17, 15) is 13.6 Å². The summed E-state index contributed by atoms with van der Waals surface area (Å²) in [5, 5.41) is 0. The van der Waals surface area contributed by atoms with Crippen LogP contribution in [0.15, 0.2) is 102 Å². The van der Waals surface area contributed by atoms with E-state index in [0.717, 1.165) is 63.2 Å². The van der Waals surface area contributed by atoms with Crippen LogP contribution in [-0.4, -0.2) is 35.8 Å². The summed E-state index contributed by atoms with van der Waals surface area (Å²) in [6.45, 7) is 18.6. The molecule has 1 aliphatic heterocycles. The zero-order chi connectivity index (χ0) is 32.7. The number of amides is 1. The quantitative estimate of drug-likeness (QED) is 0.157. The van der Waals surface area contributed by atoms with Crippen LogP contribution in [0.2, 0.25) is 0 Å². The molecule has 3 nitrogen and oxygen atoms in total. The first-order valence-electron chi connectivity index (χ1n) is 15.9. The maximum absolute atomic E-state index is 14.2. The van der Waals surface area contributed by atoms with Gasteiger partial charge in [-0.3, -0.25) is 9.79 Å². The average molecular weight is 609 g/mol. The molecule has 1 fully saturated rings. The lowest BCUT2D eigenvalue weighted by molar-refractivity contribution is 0.0710. The van der Waals surface area contributed by atoms with E-state index >= 15 is 0 Å². The number of likely N-dealkylation sites (tertiary alicyclic amines) is 1. The third-order valence-corrected chi connectivity index (χ3v) is 8.49. The number of allylic oxidation sites excluding steroid dienone is 3. The van der Waals surface area contributed by atoms with E-state index in [2.05, 4.69) is 19.2 Å². The topological polar surface area (TPSA) is 32.7 Å². The predicted octanol–water partition coefficient (Wildman–Crippen LogP) is 10.7. The molecule has 5 heteroatoms. The van der Waals surface area contributed by atoms with Crippen molar-refractivity contribution in [3.63, 3.8) is 0 Å². The van der Waals surface area contributed by atoms with Gasteiger partial charge in [-0.2, -0.15) is 0 Å². The van der Waals surface area contributed by atoms with Gasteiger partial charge in [-0.05, 0) is 117 Å². The van der Waals surface area contributed by atoms with Crippen LogP contribution >= 0.6 is 0 Å². The second-order valence-corrected chi connectivity index (χ2v) is 12.5. The molecule has 45 heavy (non-hydrogen) atoms. The van der Waals surface area contributed by atoms with E-state index in [1.165, 1.54) is 0 Å². The molecule has 0 radical (unpaired) electrons. The largest absolute Gasteiger partial charge is 0.339 e. The summed E-state index contributed by atoms with van der Waals surface area (Å²) >= 11 is 0. The molecule has 1 saturated heterocycles. The van der Waals surface area contributed by atoms with E-state index in [1.54, 1.807) is 19.9 Å². The lowest BCUT2D eigenvalue weighted by Crippen LogP contribution is -2.40. The number of para-hydroxylation sites is 1. The summed E-state index contributed by atoms with van der Waals surface area (Å²) in [4.78, 5) is 20.6. The second-order valence-electron chi connectivity index (χ2n) is 12.5. The van der Waals surface area contributed by atoms with Crippen molar-refractivity contribution in [2.75, 3.05) is 13.1 Å². The summed E-state index contributed by atoms with van der Waals surface area (Å²) in [5.74, 6) is 0.102. The fraction of sp³-hybridized carbons (Fsp3) is 0.350. The monoisotopic (exact) mass is 608 g/mol. The van der Waals surface area contributed by atoms with Gasteiger partial charge in [0.25, 0.3) is 5.91 Å². The van der Waals surface area contributed by atoms with Crippen LogP contribution in [0.5, 0.6) is 0 Å². The number of hydrogen-bond acceptors (Lipinski definition) is 2. The molecule has 3 aromatic carbocycles. The summed E-state index contributed by atoms with van der Waals surface area (Å²) in [6, 6.07) is 21.4. The molecule has 0 spiro atoms. The molecule has 0 aliphatic carbocycles. The van der Waals surface area contributed by atoms with Crippen LogP contribution < -0.4 is 0 Å². The van der Waals surface area contributed by atoms with Gasteiger partial charge in [0.15, 0.2) is 0 Å². The molecule has 1 heterocycles. The number of carbonyl (C=O) groups excluding carboxylic acids is 1. The molecule has 4 rings (SSSR count). The van der Waals surface area contributed by atoms with Gasteiger partial charge >= 0.3 is 0 Å². The van der Waals surface area contributed by atoms with Gasteiger partial charge in [0, 0.05) is 36.7 Å². The van der Waals surface area contributed by atoms with E-state index in [0.29, 0.717) is 30.6 Å². The van der Waals surface area contributed by atoms with Gasteiger partial charge in [-0.1, -0.05) is 67.3 Å². The number of rotatable bonds is 11. The molecule has 1 aliphatic rings. The first kappa shape index (κ1) is 33.8. The van der Waals surface area contributed by atoms with Gasteiger partial charge in [0.1, 0.15) is 12.3 Å². The van der Waals surface area contributed by atoms with Crippen molar-refractivity contribution < 1.29 is 13.6 Å². The van der Waals surface area contributed by atoms with Crippen molar-refractivity contribution in [3.05, 3.63) is 130 Å². The minimum atomic E-state index is -1.06. The lowest BCUT2D eigenvalue weighted by Gasteiger charge is -2.33. The van der Waals surface area contributed by atoms with Crippen LogP contribution in [0.3, 0.4) is 0 Å². The Bertz CT molecular complexity index is 1610. The minimum Gasteiger partial charge on any atom is -0.339 e. The van der Waals surface area contributed by atoms with Crippen molar-refractivity contribution in [1.29, 1.82) is 0 Å². The molecule has 2 unspecified atom stereocenters. The Balaban J connectivity index is 1.54. The molecule has 3 aromatic rings. The summed E-state index contributed by atoms with van der Waals surface area (Å²) < 4.78 is 28.2. The Morgan fingerprint density at radius 2 is 1.67 bits per heavy atom. The van der Waals surface area contributed by atoms with Crippen molar-refractivity contribution in [1.82, 2.24) is 4.90 Å². The maximum Gasteiger partial charge on any atom is 0.253 e. The second kappa shape index (κ2) is 15.2. The Morgan fingerprint density at radius 3 is 2.29 bits per heavy atom. The number of hydrogen-bond donors (Lipinski definition) is 0. The van der Waals surface area contributed by atoms with E-state index < -0.39 is 12.3 Å². The van der Waals surface area contributed by atoms with Crippen molar-refractivity contribution in [2.45, 2.75) is 72.6 Å². The highest BCUT2D eigenvalue weighted by molar-refractivity contribution is 6.03. The maximum atomic E-state index is 14.2. The van der Waals surface area contributed by atoms with Crippen LogP contribution in [0.4, 0.5) is 14.5 Å². The van der Waals surface area contributed by atoms with Crippen molar-refractivity contribution >= 4 is 22.9 Å². The van der Waals surface area contributed by atoms with Gasteiger partial charge in [0.05, 0.1) is 5.69 Å².